The first-order chi connectivity index (χ1) is 15.0. The van der Waals surface area contributed by atoms with Crippen LogP contribution in [0.25, 0.3) is 28.2 Å². The number of fused-ring (bicyclic) bond motifs is 1. The van der Waals surface area contributed by atoms with E-state index in [9.17, 15) is 9.59 Å². The fraction of sp³-hybridized carbons (Fsp3) is 0.143. The average Bonchev–Trinajstić information content (AvgIpc) is 3.13. The van der Waals surface area contributed by atoms with Crippen LogP contribution in [0, 0.1) is 0 Å². The second-order valence-corrected chi connectivity index (χ2v) is 6.49. The summed E-state index contributed by atoms with van der Waals surface area (Å²) in [7, 11) is 4.54. The minimum absolute atomic E-state index is 0.105. The minimum Gasteiger partial charge on any atom is -0.497 e. The summed E-state index contributed by atoms with van der Waals surface area (Å²) >= 11 is 0. The van der Waals surface area contributed by atoms with Crippen molar-refractivity contribution in [3.63, 3.8) is 0 Å². The molecule has 0 saturated carbocycles. The van der Waals surface area contributed by atoms with Crippen LogP contribution in [-0.4, -0.2) is 46.8 Å². The summed E-state index contributed by atoms with van der Waals surface area (Å²) in [6.45, 7) is 0. The van der Waals surface area contributed by atoms with Crippen molar-refractivity contribution in [1.29, 1.82) is 0 Å². The first kappa shape index (κ1) is 20.0. The molecule has 0 saturated heterocycles. The predicted molar refractivity (Wildman–Crippen MR) is 113 cm³/mol. The van der Waals surface area contributed by atoms with Gasteiger partial charge in [0.05, 0.1) is 27.0 Å². The molecule has 10 nitrogen and oxygen atoms in total. The molecule has 0 spiro atoms. The molecule has 4 rings (SSSR count). The molecule has 0 atom stereocenters. The Morgan fingerprint density at radius 3 is 2.42 bits per heavy atom. The molecule has 0 radical (unpaired) electrons. The fourth-order valence-corrected chi connectivity index (χ4v) is 3.25. The summed E-state index contributed by atoms with van der Waals surface area (Å²) in [6.07, 6.45) is 0. The van der Waals surface area contributed by atoms with E-state index in [0.29, 0.717) is 28.5 Å². The van der Waals surface area contributed by atoms with Gasteiger partial charge in [-0.2, -0.15) is 0 Å². The number of aromatic amines is 1. The molecule has 0 bridgehead atoms. The normalized spacial score (nSPS) is 10.8. The van der Waals surface area contributed by atoms with E-state index in [1.54, 1.807) is 42.5 Å². The van der Waals surface area contributed by atoms with Gasteiger partial charge in [0, 0.05) is 11.6 Å². The third kappa shape index (κ3) is 3.44. The van der Waals surface area contributed by atoms with Crippen LogP contribution in [0.15, 0.2) is 47.3 Å². The van der Waals surface area contributed by atoms with Crippen molar-refractivity contribution in [3.8, 4) is 34.3 Å². The Kier molecular flexibility index (Phi) is 5.04. The van der Waals surface area contributed by atoms with Gasteiger partial charge in [0.15, 0.2) is 17.2 Å². The molecule has 2 heterocycles. The van der Waals surface area contributed by atoms with Gasteiger partial charge in [0.2, 0.25) is 0 Å². The molecule has 0 aliphatic heterocycles. The van der Waals surface area contributed by atoms with Gasteiger partial charge in [-0.25, -0.2) is 19.3 Å². The summed E-state index contributed by atoms with van der Waals surface area (Å²) in [5.74, 6) is 0.930. The maximum absolute atomic E-state index is 12.9. The van der Waals surface area contributed by atoms with E-state index in [1.807, 2.05) is 0 Å². The van der Waals surface area contributed by atoms with Crippen molar-refractivity contribution in [2.75, 3.05) is 21.3 Å². The molecule has 2 aromatic carbocycles. The van der Waals surface area contributed by atoms with Gasteiger partial charge in [0.25, 0.3) is 5.91 Å². The monoisotopic (exact) mass is 421 g/mol. The number of nitrogens with one attached hydrogen (secondary N) is 1. The van der Waals surface area contributed by atoms with Crippen LogP contribution in [0.1, 0.15) is 10.5 Å². The van der Waals surface area contributed by atoms with E-state index in [4.69, 9.17) is 19.9 Å². The van der Waals surface area contributed by atoms with Crippen LogP contribution < -0.4 is 25.6 Å². The van der Waals surface area contributed by atoms with Crippen molar-refractivity contribution < 1.29 is 19.0 Å². The number of benzene rings is 2. The number of amides is 1. The van der Waals surface area contributed by atoms with E-state index >= 15 is 0 Å². The quantitative estimate of drug-likeness (QED) is 0.485. The van der Waals surface area contributed by atoms with Gasteiger partial charge >= 0.3 is 5.69 Å². The van der Waals surface area contributed by atoms with E-state index in [0.717, 1.165) is 0 Å². The number of nitrogens with two attached hydrogens (primary N) is 1. The minimum atomic E-state index is -0.799. The molecule has 158 valence electrons. The van der Waals surface area contributed by atoms with Gasteiger partial charge in [-0.05, 0) is 24.3 Å². The number of carbonyl (C=O) groups excluding carboxylic acids is 1. The summed E-state index contributed by atoms with van der Waals surface area (Å²) in [4.78, 5) is 36.4. The van der Waals surface area contributed by atoms with Crippen LogP contribution in [0.2, 0.25) is 0 Å². The number of carbonyl (C=O) groups is 1. The Morgan fingerprint density at radius 1 is 1.00 bits per heavy atom. The summed E-state index contributed by atoms with van der Waals surface area (Å²) < 4.78 is 17.2. The summed E-state index contributed by atoms with van der Waals surface area (Å²) in [6, 6.07) is 12.0. The zero-order valence-electron chi connectivity index (χ0n) is 17.0. The number of rotatable bonds is 6. The van der Waals surface area contributed by atoms with Crippen molar-refractivity contribution in [2.24, 2.45) is 5.73 Å². The van der Waals surface area contributed by atoms with Crippen molar-refractivity contribution in [1.82, 2.24) is 19.5 Å². The third-order valence-electron chi connectivity index (χ3n) is 4.73. The Labute approximate surface area is 176 Å². The van der Waals surface area contributed by atoms with Crippen molar-refractivity contribution in [2.45, 2.75) is 0 Å². The van der Waals surface area contributed by atoms with E-state index in [2.05, 4.69) is 15.0 Å². The summed E-state index contributed by atoms with van der Waals surface area (Å²) in [5, 5.41) is 0. The molecular weight excluding hydrogens is 402 g/mol. The Hall–Kier alpha value is -4.34. The number of imidazole rings is 1. The van der Waals surface area contributed by atoms with Gasteiger partial charge in [-0.15, -0.1) is 0 Å². The molecule has 31 heavy (non-hydrogen) atoms. The fourth-order valence-electron chi connectivity index (χ4n) is 3.25. The van der Waals surface area contributed by atoms with Crippen molar-refractivity contribution >= 4 is 17.1 Å². The number of hydrogen-bond acceptors (Lipinski definition) is 7. The highest BCUT2D eigenvalue weighted by molar-refractivity contribution is 6.02. The molecule has 1 amide bonds. The lowest BCUT2D eigenvalue weighted by atomic mass is 10.2. The zero-order valence-corrected chi connectivity index (χ0v) is 17.0. The lowest BCUT2D eigenvalue weighted by Crippen LogP contribution is -2.16. The number of methoxy groups -OCH3 is 3. The lowest BCUT2D eigenvalue weighted by Gasteiger charge is -2.11. The van der Waals surface area contributed by atoms with E-state index in [1.165, 1.54) is 25.9 Å². The first-order valence-corrected chi connectivity index (χ1v) is 9.16. The molecule has 4 aromatic rings. The number of H-pyrrole nitrogens is 1. The number of hydrogen-bond donors (Lipinski definition) is 2. The maximum atomic E-state index is 12.9. The SMILES string of the molecule is COc1cccc(-c2nc(C(N)=O)c3[nH]c(=O)n(-c4ccc(OC)cc4OC)c3n2)c1. The van der Waals surface area contributed by atoms with Crippen LogP contribution in [-0.2, 0) is 0 Å². The second-order valence-electron chi connectivity index (χ2n) is 6.49. The van der Waals surface area contributed by atoms with Gasteiger partial charge in [-0.1, -0.05) is 12.1 Å². The number of nitrogens with zero attached hydrogens (tertiary/aromatic N) is 3. The standard InChI is InChI=1S/C21H19N5O5/c1-29-12-6-4-5-11(9-12)19-23-16(18(22)27)17-20(25-19)26(21(28)24-17)14-8-7-13(30-2)10-15(14)31-3/h4-10H,1-3H3,(H2,22,27)(H,24,28). The topological polar surface area (TPSA) is 134 Å². The van der Waals surface area contributed by atoms with Crippen molar-refractivity contribution in [3.05, 3.63) is 58.6 Å². The van der Waals surface area contributed by atoms with E-state index in [-0.39, 0.29) is 22.7 Å². The molecular formula is C21H19N5O5. The number of primary amides is 1. The van der Waals surface area contributed by atoms with Crippen LogP contribution >= 0.6 is 0 Å². The summed E-state index contributed by atoms with van der Waals surface area (Å²) in [5.41, 5.74) is 6.21. The van der Waals surface area contributed by atoms with E-state index < -0.39 is 11.6 Å². The Morgan fingerprint density at radius 2 is 1.74 bits per heavy atom. The Balaban J connectivity index is 2.04. The predicted octanol–water partition coefficient (Wildman–Crippen LogP) is 1.90. The molecule has 3 N–H and O–H groups in total. The maximum Gasteiger partial charge on any atom is 0.332 e. The highest BCUT2D eigenvalue weighted by Crippen LogP contribution is 2.30. The van der Waals surface area contributed by atoms with Crippen LogP contribution in [0.4, 0.5) is 0 Å². The smallest absolute Gasteiger partial charge is 0.332 e. The van der Waals surface area contributed by atoms with Crippen LogP contribution in [0.3, 0.4) is 0 Å². The van der Waals surface area contributed by atoms with Gasteiger partial charge in [-0.3, -0.25) is 4.79 Å². The third-order valence-corrected chi connectivity index (χ3v) is 4.73. The van der Waals surface area contributed by atoms with Gasteiger partial charge < -0.3 is 24.9 Å². The molecule has 2 aromatic heterocycles. The van der Waals surface area contributed by atoms with Crippen LogP contribution in [0.5, 0.6) is 17.2 Å². The number of aromatic nitrogens is 4. The first-order valence-electron chi connectivity index (χ1n) is 9.16. The highest BCUT2D eigenvalue weighted by Gasteiger charge is 2.22. The van der Waals surface area contributed by atoms with Gasteiger partial charge in [0.1, 0.15) is 22.8 Å². The number of ether oxygens (including phenoxy) is 3. The Bertz CT molecular complexity index is 1360. The molecule has 0 aliphatic rings. The molecule has 0 aliphatic carbocycles. The second kappa shape index (κ2) is 7.82. The molecule has 10 heteroatoms. The zero-order chi connectivity index (χ0) is 22.1. The molecule has 0 fully saturated rings. The lowest BCUT2D eigenvalue weighted by molar-refractivity contribution is 0.0997. The average molecular weight is 421 g/mol. The largest absolute Gasteiger partial charge is 0.497 e. The highest BCUT2D eigenvalue weighted by atomic mass is 16.5. The molecule has 0 unspecified atom stereocenters.